The summed E-state index contributed by atoms with van der Waals surface area (Å²) in [5.74, 6) is -0.177. The van der Waals surface area contributed by atoms with Crippen molar-refractivity contribution in [1.29, 1.82) is 0 Å². The minimum Gasteiger partial charge on any atom is -0.311 e. The van der Waals surface area contributed by atoms with E-state index in [-0.39, 0.29) is 5.82 Å². The van der Waals surface area contributed by atoms with E-state index in [1.165, 1.54) is 10.9 Å². The average Bonchev–Trinajstić information content (AvgIpc) is 2.80. The molecule has 0 saturated carbocycles. The summed E-state index contributed by atoms with van der Waals surface area (Å²) in [6.07, 6.45) is 0. The van der Waals surface area contributed by atoms with E-state index in [4.69, 9.17) is 11.6 Å². The van der Waals surface area contributed by atoms with E-state index in [9.17, 15) is 4.39 Å². The predicted octanol–water partition coefficient (Wildman–Crippen LogP) is 3.76. The Morgan fingerprint density at radius 1 is 1.30 bits per heavy atom. The molecule has 5 heteroatoms. The van der Waals surface area contributed by atoms with Gasteiger partial charge in [-0.1, -0.05) is 23.7 Å². The van der Waals surface area contributed by atoms with Crippen molar-refractivity contribution in [3.63, 3.8) is 0 Å². The Hall–Kier alpha value is -0.940. The van der Waals surface area contributed by atoms with Crippen LogP contribution in [0.1, 0.15) is 10.4 Å². The van der Waals surface area contributed by atoms with Crippen LogP contribution in [0.3, 0.4) is 0 Å². The Kier molecular flexibility index (Phi) is 5.98. The lowest BCUT2D eigenvalue weighted by Crippen LogP contribution is -2.28. The van der Waals surface area contributed by atoms with Gasteiger partial charge >= 0.3 is 0 Å². The Balaban J connectivity index is 1.66. The van der Waals surface area contributed by atoms with Crippen LogP contribution in [0.5, 0.6) is 0 Å². The molecule has 2 rings (SSSR count). The molecule has 0 aliphatic carbocycles. The monoisotopic (exact) mass is 312 g/mol. The summed E-state index contributed by atoms with van der Waals surface area (Å²) in [7, 11) is 2.04. The van der Waals surface area contributed by atoms with Gasteiger partial charge in [-0.25, -0.2) is 4.39 Å². The second-order valence-corrected chi connectivity index (χ2v) is 6.55. The molecule has 1 heterocycles. The fourth-order valence-electron chi connectivity index (χ4n) is 1.95. The lowest BCUT2D eigenvalue weighted by molar-refractivity contribution is 0.324. The van der Waals surface area contributed by atoms with Gasteiger partial charge in [0.05, 0.1) is 4.34 Å². The van der Waals surface area contributed by atoms with E-state index in [0.717, 1.165) is 36.1 Å². The van der Waals surface area contributed by atoms with Crippen molar-refractivity contribution in [2.75, 3.05) is 20.1 Å². The molecule has 0 bridgehead atoms. The van der Waals surface area contributed by atoms with Gasteiger partial charge in [-0.3, -0.25) is 0 Å². The van der Waals surface area contributed by atoms with Crippen molar-refractivity contribution in [3.8, 4) is 0 Å². The second kappa shape index (κ2) is 7.74. The number of nitrogens with one attached hydrogen (secondary N) is 1. The van der Waals surface area contributed by atoms with Crippen LogP contribution in [0.4, 0.5) is 4.39 Å². The summed E-state index contributed by atoms with van der Waals surface area (Å²) < 4.78 is 13.9. The van der Waals surface area contributed by atoms with E-state index in [0.29, 0.717) is 0 Å². The summed E-state index contributed by atoms with van der Waals surface area (Å²) in [5.41, 5.74) is 0.998. The van der Waals surface area contributed by atoms with Crippen molar-refractivity contribution in [2.45, 2.75) is 13.1 Å². The lowest BCUT2D eigenvalue weighted by atomic mass is 10.2. The fourth-order valence-corrected chi connectivity index (χ4v) is 3.01. The molecule has 0 aliphatic heterocycles. The van der Waals surface area contributed by atoms with Gasteiger partial charge in [-0.05, 0) is 36.9 Å². The van der Waals surface area contributed by atoms with Crippen molar-refractivity contribution in [3.05, 3.63) is 57.0 Å². The third-order valence-corrected chi connectivity index (χ3v) is 4.17. The van der Waals surface area contributed by atoms with E-state index in [2.05, 4.69) is 10.2 Å². The molecule has 20 heavy (non-hydrogen) atoms. The largest absolute Gasteiger partial charge is 0.311 e. The average molecular weight is 313 g/mol. The van der Waals surface area contributed by atoms with Crippen molar-refractivity contribution in [1.82, 2.24) is 10.2 Å². The van der Waals surface area contributed by atoms with E-state index in [1.807, 2.05) is 25.2 Å². The Bertz CT molecular complexity index is 544. The topological polar surface area (TPSA) is 15.3 Å². The maximum Gasteiger partial charge on any atom is 0.123 e. The van der Waals surface area contributed by atoms with Crippen LogP contribution in [0.25, 0.3) is 0 Å². The summed E-state index contributed by atoms with van der Waals surface area (Å²) in [6, 6.07) is 10.7. The predicted molar refractivity (Wildman–Crippen MR) is 83.8 cm³/mol. The highest BCUT2D eigenvalue weighted by Crippen LogP contribution is 2.20. The molecule has 0 saturated heterocycles. The van der Waals surface area contributed by atoms with Gasteiger partial charge in [0.1, 0.15) is 5.82 Å². The highest BCUT2D eigenvalue weighted by atomic mass is 35.5. The van der Waals surface area contributed by atoms with Crippen LogP contribution in [0, 0.1) is 5.82 Å². The summed E-state index contributed by atoms with van der Waals surface area (Å²) >= 11 is 7.48. The quantitative estimate of drug-likeness (QED) is 0.783. The molecule has 0 unspecified atom stereocenters. The van der Waals surface area contributed by atoms with E-state index in [1.54, 1.807) is 23.5 Å². The maximum absolute atomic E-state index is 13.1. The molecule has 1 N–H and O–H groups in total. The van der Waals surface area contributed by atoms with Crippen molar-refractivity contribution < 1.29 is 4.39 Å². The minimum atomic E-state index is -0.177. The number of thiophene rings is 1. The van der Waals surface area contributed by atoms with Gasteiger partial charge in [-0.2, -0.15) is 0 Å². The first kappa shape index (κ1) is 15.4. The minimum absolute atomic E-state index is 0.177. The Morgan fingerprint density at radius 2 is 2.15 bits per heavy atom. The zero-order chi connectivity index (χ0) is 14.4. The Labute approximate surface area is 128 Å². The molecule has 0 amide bonds. The van der Waals surface area contributed by atoms with Crippen LogP contribution in [0.2, 0.25) is 4.34 Å². The van der Waals surface area contributed by atoms with Gasteiger partial charge in [-0.15, -0.1) is 11.3 Å². The van der Waals surface area contributed by atoms with Gasteiger partial charge in [0.25, 0.3) is 0 Å². The number of benzene rings is 1. The second-order valence-electron chi connectivity index (χ2n) is 4.75. The number of likely N-dealkylation sites (N-methyl/N-ethyl adjacent to an activating group) is 1. The smallest absolute Gasteiger partial charge is 0.123 e. The molecule has 2 nitrogen and oxygen atoms in total. The Morgan fingerprint density at radius 3 is 2.85 bits per heavy atom. The van der Waals surface area contributed by atoms with Gasteiger partial charge in [0.15, 0.2) is 0 Å². The van der Waals surface area contributed by atoms with Crippen molar-refractivity contribution >= 4 is 22.9 Å². The van der Waals surface area contributed by atoms with E-state index >= 15 is 0 Å². The fraction of sp³-hybridized carbons (Fsp3) is 0.333. The number of hydrogen-bond donors (Lipinski definition) is 1. The van der Waals surface area contributed by atoms with Gasteiger partial charge < -0.3 is 10.2 Å². The van der Waals surface area contributed by atoms with Gasteiger partial charge in [0, 0.05) is 31.1 Å². The highest BCUT2D eigenvalue weighted by molar-refractivity contribution is 7.16. The molecular formula is C15H18ClFN2S. The van der Waals surface area contributed by atoms with Crippen LogP contribution in [-0.4, -0.2) is 25.0 Å². The highest BCUT2D eigenvalue weighted by Gasteiger charge is 2.02. The first-order valence-electron chi connectivity index (χ1n) is 6.51. The molecule has 0 spiro atoms. The molecular weight excluding hydrogens is 295 g/mol. The van der Waals surface area contributed by atoms with E-state index < -0.39 is 0 Å². The van der Waals surface area contributed by atoms with Crippen LogP contribution in [0.15, 0.2) is 36.4 Å². The summed E-state index contributed by atoms with van der Waals surface area (Å²) in [6.45, 7) is 3.40. The zero-order valence-electron chi connectivity index (χ0n) is 11.4. The van der Waals surface area contributed by atoms with Crippen molar-refractivity contribution in [2.24, 2.45) is 0 Å². The summed E-state index contributed by atoms with van der Waals surface area (Å²) in [5, 5.41) is 3.38. The molecule has 1 aromatic carbocycles. The lowest BCUT2D eigenvalue weighted by Gasteiger charge is -2.17. The first-order chi connectivity index (χ1) is 9.63. The SMILES string of the molecule is CN(CCNCc1ccc(Cl)s1)Cc1cccc(F)c1. The summed E-state index contributed by atoms with van der Waals surface area (Å²) in [4.78, 5) is 3.41. The number of nitrogens with zero attached hydrogens (tertiary/aromatic N) is 1. The molecule has 0 fully saturated rings. The van der Waals surface area contributed by atoms with Crippen LogP contribution >= 0.6 is 22.9 Å². The number of rotatable bonds is 7. The molecule has 0 atom stereocenters. The standard InChI is InChI=1S/C15H18ClFN2S/c1-19(11-12-3-2-4-13(17)9-12)8-7-18-10-14-5-6-15(16)20-14/h2-6,9,18H,7-8,10-11H2,1H3. The molecule has 108 valence electrons. The third-order valence-electron chi connectivity index (χ3n) is 2.94. The first-order valence-corrected chi connectivity index (χ1v) is 7.71. The molecule has 0 aliphatic rings. The van der Waals surface area contributed by atoms with Crippen LogP contribution in [-0.2, 0) is 13.1 Å². The number of hydrogen-bond acceptors (Lipinski definition) is 3. The van der Waals surface area contributed by atoms with Gasteiger partial charge in [0.2, 0.25) is 0 Å². The third kappa shape index (κ3) is 5.21. The number of halogens is 2. The van der Waals surface area contributed by atoms with Crippen LogP contribution < -0.4 is 5.32 Å². The zero-order valence-corrected chi connectivity index (χ0v) is 13.0. The normalized spacial score (nSPS) is 11.2. The maximum atomic E-state index is 13.1. The molecule has 1 aromatic heterocycles. The molecule has 0 radical (unpaired) electrons. The molecule has 2 aromatic rings.